The van der Waals surface area contributed by atoms with Crippen molar-refractivity contribution in [1.29, 1.82) is 0 Å². The van der Waals surface area contributed by atoms with Crippen LogP contribution in [0.25, 0.3) is 0 Å². The Labute approximate surface area is 68.2 Å². The van der Waals surface area contributed by atoms with Crippen molar-refractivity contribution in [2.24, 2.45) is 11.8 Å². The van der Waals surface area contributed by atoms with Gasteiger partial charge in [0.2, 0.25) is 0 Å². The fraction of sp³-hybridized carbons (Fsp3) is 1.00. The second-order valence-corrected chi connectivity index (χ2v) is 4.21. The maximum absolute atomic E-state index is 13.0. The van der Waals surface area contributed by atoms with Gasteiger partial charge in [0.05, 0.1) is 0 Å². The van der Waals surface area contributed by atoms with Crippen LogP contribution in [0.5, 0.6) is 0 Å². The van der Waals surface area contributed by atoms with Gasteiger partial charge in [0.25, 0.3) is 0 Å². The number of alkyl halides is 1. The topological polar surface area (TPSA) is 0 Å². The highest BCUT2D eigenvalue weighted by molar-refractivity contribution is 4.82. The van der Waals surface area contributed by atoms with Crippen LogP contribution in [0, 0.1) is 11.8 Å². The molecule has 0 saturated heterocycles. The lowest BCUT2D eigenvalue weighted by Gasteiger charge is -2.36. The summed E-state index contributed by atoms with van der Waals surface area (Å²) in [6.45, 7) is 0. The van der Waals surface area contributed by atoms with E-state index >= 15 is 0 Å². The molecule has 0 aromatic heterocycles. The second-order valence-electron chi connectivity index (χ2n) is 4.21. The third-order valence-corrected chi connectivity index (χ3v) is 3.48. The molecule has 0 aromatic rings. The Bertz CT molecular complexity index is 133. The molecule has 0 unspecified atom stereocenters. The highest BCUT2D eigenvalue weighted by atomic mass is 19.1. The predicted molar refractivity (Wildman–Crippen MR) is 44.2 cm³/mol. The van der Waals surface area contributed by atoms with Crippen molar-refractivity contribution in [3.63, 3.8) is 0 Å². The molecule has 0 N–H and O–H groups in total. The third-order valence-electron chi connectivity index (χ3n) is 3.48. The van der Waals surface area contributed by atoms with Crippen LogP contribution in [0.2, 0.25) is 0 Å². The summed E-state index contributed by atoms with van der Waals surface area (Å²) in [4.78, 5) is 0. The van der Waals surface area contributed by atoms with Crippen LogP contribution in [-0.4, -0.2) is 6.17 Å². The van der Waals surface area contributed by atoms with Gasteiger partial charge in [-0.2, -0.15) is 0 Å². The Balaban J connectivity index is 1.93. The number of rotatable bonds is 0. The molecule has 2 fully saturated rings. The molecule has 11 heavy (non-hydrogen) atoms. The molecule has 2 aliphatic carbocycles. The van der Waals surface area contributed by atoms with Crippen LogP contribution in [0.4, 0.5) is 4.39 Å². The summed E-state index contributed by atoms with van der Waals surface area (Å²) in [6.07, 6.45) is 7.89. The van der Waals surface area contributed by atoms with Crippen molar-refractivity contribution in [3.05, 3.63) is 0 Å². The van der Waals surface area contributed by atoms with Gasteiger partial charge < -0.3 is 0 Å². The van der Waals surface area contributed by atoms with E-state index in [0.29, 0.717) is 0 Å². The minimum Gasteiger partial charge on any atom is -0.247 e. The van der Waals surface area contributed by atoms with E-state index in [0.717, 1.165) is 24.7 Å². The van der Waals surface area contributed by atoms with Gasteiger partial charge in [-0.25, -0.2) is 4.39 Å². The highest BCUT2D eigenvalue weighted by Gasteiger charge is 2.31. The lowest BCUT2D eigenvalue weighted by molar-refractivity contribution is 0.104. The maximum Gasteiger partial charge on any atom is 0.100 e. The lowest BCUT2D eigenvalue weighted by Crippen LogP contribution is -2.28. The van der Waals surface area contributed by atoms with E-state index < -0.39 is 6.17 Å². The number of fused-ring (bicyclic) bond motifs is 1. The van der Waals surface area contributed by atoms with E-state index in [4.69, 9.17) is 0 Å². The molecule has 0 heterocycles. The Hall–Kier alpha value is -0.0700. The van der Waals surface area contributed by atoms with E-state index in [1.807, 2.05) is 0 Å². The zero-order valence-electron chi connectivity index (χ0n) is 7.06. The van der Waals surface area contributed by atoms with E-state index in [2.05, 4.69) is 0 Å². The summed E-state index contributed by atoms with van der Waals surface area (Å²) in [5.74, 6) is 1.66. The molecule has 2 rings (SSSR count). The molecule has 0 amide bonds. The molecule has 0 aliphatic heterocycles. The van der Waals surface area contributed by atoms with Gasteiger partial charge >= 0.3 is 0 Å². The highest BCUT2D eigenvalue weighted by Crippen LogP contribution is 2.41. The molecule has 0 radical (unpaired) electrons. The third kappa shape index (κ3) is 1.57. The Morgan fingerprint density at radius 1 is 0.818 bits per heavy atom. The van der Waals surface area contributed by atoms with Gasteiger partial charge in [-0.3, -0.25) is 0 Å². The van der Waals surface area contributed by atoms with Crippen molar-refractivity contribution in [2.45, 2.75) is 51.1 Å². The van der Waals surface area contributed by atoms with Crippen LogP contribution >= 0.6 is 0 Å². The molecule has 3 atom stereocenters. The van der Waals surface area contributed by atoms with Crippen molar-refractivity contribution in [1.82, 2.24) is 0 Å². The first-order valence-corrected chi connectivity index (χ1v) is 5.00. The molecule has 2 saturated carbocycles. The van der Waals surface area contributed by atoms with Gasteiger partial charge in [-0.1, -0.05) is 25.7 Å². The van der Waals surface area contributed by atoms with E-state index in [1.165, 1.54) is 32.1 Å². The molecule has 0 aromatic carbocycles. The van der Waals surface area contributed by atoms with Crippen LogP contribution in [-0.2, 0) is 0 Å². The molecular weight excluding hydrogens is 139 g/mol. The first kappa shape index (κ1) is 7.57. The Morgan fingerprint density at radius 2 is 1.55 bits per heavy atom. The van der Waals surface area contributed by atoms with Crippen molar-refractivity contribution >= 4 is 0 Å². The molecule has 64 valence electrons. The monoisotopic (exact) mass is 156 g/mol. The molecular formula is C10H17F. The SMILES string of the molecule is F[C@H]1CC[C@H]2CCCC[C@H]2C1. The number of hydrogen-bond donors (Lipinski definition) is 0. The summed E-state index contributed by atoms with van der Waals surface area (Å²) >= 11 is 0. The lowest BCUT2D eigenvalue weighted by atomic mass is 9.70. The summed E-state index contributed by atoms with van der Waals surface area (Å²) in [6, 6.07) is 0. The molecule has 2 aliphatic rings. The smallest absolute Gasteiger partial charge is 0.100 e. The minimum atomic E-state index is -0.464. The van der Waals surface area contributed by atoms with Crippen molar-refractivity contribution < 1.29 is 4.39 Å². The fourth-order valence-electron chi connectivity index (χ4n) is 2.82. The van der Waals surface area contributed by atoms with Gasteiger partial charge in [0, 0.05) is 0 Å². The zero-order valence-corrected chi connectivity index (χ0v) is 7.06. The van der Waals surface area contributed by atoms with Crippen LogP contribution in [0.3, 0.4) is 0 Å². The number of halogens is 1. The molecule has 0 spiro atoms. The summed E-state index contributed by atoms with van der Waals surface area (Å²) < 4.78 is 13.0. The van der Waals surface area contributed by atoms with Crippen LogP contribution in [0.15, 0.2) is 0 Å². The first-order valence-electron chi connectivity index (χ1n) is 5.00. The fourth-order valence-corrected chi connectivity index (χ4v) is 2.82. The standard InChI is InChI=1S/C10H17F/c11-10-6-5-8-3-1-2-4-9(8)7-10/h8-10H,1-7H2/t8-,9+,10+/m1/s1. The van der Waals surface area contributed by atoms with Crippen LogP contribution < -0.4 is 0 Å². The maximum atomic E-state index is 13.0. The largest absolute Gasteiger partial charge is 0.247 e. The van der Waals surface area contributed by atoms with Crippen LogP contribution in [0.1, 0.15) is 44.9 Å². The van der Waals surface area contributed by atoms with Crippen molar-refractivity contribution in [3.8, 4) is 0 Å². The Kier molecular flexibility index (Phi) is 2.15. The molecule has 0 bridgehead atoms. The van der Waals surface area contributed by atoms with Gasteiger partial charge in [-0.05, 0) is 31.1 Å². The normalized spacial score (nSPS) is 45.0. The minimum absolute atomic E-state index is 0.464. The molecule has 0 nitrogen and oxygen atoms in total. The molecule has 1 heteroatoms. The average Bonchev–Trinajstić information content (AvgIpc) is 2.04. The summed E-state index contributed by atoms with van der Waals surface area (Å²) in [7, 11) is 0. The van der Waals surface area contributed by atoms with Gasteiger partial charge in [0.15, 0.2) is 0 Å². The summed E-state index contributed by atoms with van der Waals surface area (Å²) in [5, 5.41) is 0. The van der Waals surface area contributed by atoms with Gasteiger partial charge in [0.1, 0.15) is 6.17 Å². The van der Waals surface area contributed by atoms with Gasteiger partial charge in [-0.15, -0.1) is 0 Å². The number of hydrogen-bond acceptors (Lipinski definition) is 0. The second kappa shape index (κ2) is 3.12. The summed E-state index contributed by atoms with van der Waals surface area (Å²) in [5.41, 5.74) is 0. The Morgan fingerprint density at radius 3 is 2.36 bits per heavy atom. The van der Waals surface area contributed by atoms with E-state index in [9.17, 15) is 4.39 Å². The quantitative estimate of drug-likeness (QED) is 0.504. The predicted octanol–water partition coefficient (Wildman–Crippen LogP) is 3.31. The zero-order chi connectivity index (χ0) is 7.68. The van der Waals surface area contributed by atoms with E-state index in [1.54, 1.807) is 0 Å². The van der Waals surface area contributed by atoms with Crippen molar-refractivity contribution in [2.75, 3.05) is 0 Å². The first-order chi connectivity index (χ1) is 5.36. The average molecular weight is 156 g/mol. The van der Waals surface area contributed by atoms with E-state index in [-0.39, 0.29) is 0 Å².